The molecule has 1 heteroatoms. The summed E-state index contributed by atoms with van der Waals surface area (Å²) in [6.45, 7) is 2.62. The maximum atomic E-state index is 11.7. The Bertz CT molecular complexity index is 449. The Morgan fingerprint density at radius 3 is 2.85 bits per heavy atom. The quantitative estimate of drug-likeness (QED) is 0.612. The summed E-state index contributed by atoms with van der Waals surface area (Å²) in [5, 5.41) is 0. The molecule has 3 saturated carbocycles. The predicted octanol–water partition coefficient (Wildman–Crippen LogP) is 4.91. The molecule has 0 aromatic heterocycles. The summed E-state index contributed by atoms with van der Waals surface area (Å²) in [6.07, 6.45) is 15.4. The van der Waals surface area contributed by atoms with Gasteiger partial charge in [0.15, 0.2) is 5.78 Å². The van der Waals surface area contributed by atoms with Crippen LogP contribution < -0.4 is 0 Å². The molecule has 0 N–H and O–H groups in total. The molecule has 0 spiro atoms. The van der Waals surface area contributed by atoms with Gasteiger partial charge in [-0.25, -0.2) is 0 Å². The SMILES string of the molecule is C[C@]12CCCC[C@H]1CC[C@H]1[C@@H]3CCC(=O)C=C3CC[C@@H]12. The molecular weight excluding hydrogens is 244 g/mol. The fourth-order valence-electron chi connectivity index (χ4n) is 6.44. The van der Waals surface area contributed by atoms with Crippen LogP contribution in [0.15, 0.2) is 11.6 Å². The Morgan fingerprint density at radius 2 is 1.95 bits per heavy atom. The molecule has 0 saturated heterocycles. The van der Waals surface area contributed by atoms with Crippen molar-refractivity contribution in [3.8, 4) is 0 Å². The monoisotopic (exact) mass is 272 g/mol. The van der Waals surface area contributed by atoms with E-state index >= 15 is 0 Å². The third-order valence-corrected chi connectivity index (χ3v) is 7.45. The first kappa shape index (κ1) is 13.1. The Labute approximate surface area is 123 Å². The van der Waals surface area contributed by atoms with Gasteiger partial charge in [-0.15, -0.1) is 0 Å². The second-order valence-corrected chi connectivity index (χ2v) is 8.17. The van der Waals surface area contributed by atoms with Crippen LogP contribution in [-0.2, 0) is 4.79 Å². The predicted molar refractivity (Wildman–Crippen MR) is 81.3 cm³/mol. The molecule has 4 aliphatic rings. The molecule has 110 valence electrons. The number of hydrogen-bond acceptors (Lipinski definition) is 1. The molecular formula is C19H28O. The van der Waals surface area contributed by atoms with E-state index in [0.29, 0.717) is 11.2 Å². The molecule has 3 fully saturated rings. The molecule has 20 heavy (non-hydrogen) atoms. The highest BCUT2D eigenvalue weighted by molar-refractivity contribution is 5.91. The molecule has 0 amide bonds. The molecule has 0 aromatic carbocycles. The number of carbonyl (C=O) groups excluding carboxylic acids is 1. The minimum Gasteiger partial charge on any atom is -0.295 e. The van der Waals surface area contributed by atoms with E-state index in [1.165, 1.54) is 56.9 Å². The van der Waals surface area contributed by atoms with Crippen molar-refractivity contribution in [2.45, 2.75) is 71.1 Å². The van der Waals surface area contributed by atoms with E-state index in [2.05, 4.69) is 6.92 Å². The summed E-state index contributed by atoms with van der Waals surface area (Å²) in [5.41, 5.74) is 2.16. The summed E-state index contributed by atoms with van der Waals surface area (Å²) in [6, 6.07) is 0. The number of rotatable bonds is 0. The minimum atomic E-state index is 0.396. The van der Waals surface area contributed by atoms with E-state index in [9.17, 15) is 4.79 Å². The Balaban J connectivity index is 1.64. The van der Waals surface area contributed by atoms with Crippen LogP contribution in [0.2, 0.25) is 0 Å². The van der Waals surface area contributed by atoms with Gasteiger partial charge in [0.25, 0.3) is 0 Å². The smallest absolute Gasteiger partial charge is 0.155 e. The number of fused-ring (bicyclic) bond motifs is 5. The Morgan fingerprint density at radius 1 is 1.05 bits per heavy atom. The van der Waals surface area contributed by atoms with E-state index in [1.54, 1.807) is 0 Å². The minimum absolute atomic E-state index is 0.396. The fraction of sp³-hybridized carbons (Fsp3) is 0.842. The highest BCUT2D eigenvalue weighted by Crippen LogP contribution is 2.61. The van der Waals surface area contributed by atoms with E-state index in [0.717, 1.165) is 36.5 Å². The van der Waals surface area contributed by atoms with Gasteiger partial charge in [0.1, 0.15) is 0 Å². The summed E-state index contributed by atoms with van der Waals surface area (Å²) in [4.78, 5) is 11.7. The molecule has 4 aliphatic carbocycles. The lowest BCUT2D eigenvalue weighted by Gasteiger charge is -2.58. The first-order valence-electron chi connectivity index (χ1n) is 8.92. The zero-order valence-corrected chi connectivity index (χ0v) is 12.9. The van der Waals surface area contributed by atoms with Crippen LogP contribution in [0.5, 0.6) is 0 Å². The molecule has 0 aliphatic heterocycles. The van der Waals surface area contributed by atoms with Crippen LogP contribution in [0.25, 0.3) is 0 Å². The summed E-state index contributed by atoms with van der Waals surface area (Å²) >= 11 is 0. The largest absolute Gasteiger partial charge is 0.295 e. The van der Waals surface area contributed by atoms with Crippen LogP contribution >= 0.6 is 0 Å². The fourth-order valence-corrected chi connectivity index (χ4v) is 6.44. The average molecular weight is 272 g/mol. The normalized spacial score (nSPS) is 47.9. The van der Waals surface area contributed by atoms with Gasteiger partial charge in [0.2, 0.25) is 0 Å². The van der Waals surface area contributed by atoms with Gasteiger partial charge in [0, 0.05) is 6.42 Å². The number of carbonyl (C=O) groups is 1. The van der Waals surface area contributed by atoms with E-state index in [4.69, 9.17) is 0 Å². The van der Waals surface area contributed by atoms with Crippen molar-refractivity contribution < 1.29 is 4.79 Å². The van der Waals surface area contributed by atoms with Crippen LogP contribution in [0.1, 0.15) is 71.1 Å². The summed E-state index contributed by atoms with van der Waals surface area (Å²) in [7, 11) is 0. The number of hydrogen-bond donors (Lipinski definition) is 0. The molecule has 0 bridgehead atoms. The number of allylic oxidation sites excluding steroid dienone is 2. The van der Waals surface area contributed by atoms with Gasteiger partial charge in [-0.2, -0.15) is 0 Å². The van der Waals surface area contributed by atoms with Crippen LogP contribution in [0.3, 0.4) is 0 Å². The number of ketones is 1. The van der Waals surface area contributed by atoms with Gasteiger partial charge >= 0.3 is 0 Å². The van der Waals surface area contributed by atoms with E-state index in [-0.39, 0.29) is 0 Å². The van der Waals surface area contributed by atoms with Crippen LogP contribution in [0.4, 0.5) is 0 Å². The maximum absolute atomic E-state index is 11.7. The molecule has 0 unspecified atom stereocenters. The molecule has 4 rings (SSSR count). The van der Waals surface area contributed by atoms with Gasteiger partial charge in [-0.1, -0.05) is 25.3 Å². The second kappa shape index (κ2) is 4.71. The lowest BCUT2D eigenvalue weighted by atomic mass is 9.47. The highest BCUT2D eigenvalue weighted by Gasteiger charge is 2.52. The van der Waals surface area contributed by atoms with Gasteiger partial charge in [-0.3, -0.25) is 4.79 Å². The van der Waals surface area contributed by atoms with Crippen molar-refractivity contribution in [2.75, 3.05) is 0 Å². The Hall–Kier alpha value is -0.590. The molecule has 0 aromatic rings. The third-order valence-electron chi connectivity index (χ3n) is 7.45. The van der Waals surface area contributed by atoms with E-state index < -0.39 is 0 Å². The molecule has 5 atom stereocenters. The van der Waals surface area contributed by atoms with Crippen molar-refractivity contribution in [3.05, 3.63) is 11.6 Å². The first-order valence-corrected chi connectivity index (χ1v) is 8.92. The van der Waals surface area contributed by atoms with Crippen molar-refractivity contribution in [3.63, 3.8) is 0 Å². The lowest BCUT2D eigenvalue weighted by molar-refractivity contribution is -0.116. The van der Waals surface area contributed by atoms with Crippen LogP contribution in [-0.4, -0.2) is 5.78 Å². The van der Waals surface area contributed by atoms with Crippen molar-refractivity contribution in [1.82, 2.24) is 0 Å². The summed E-state index contributed by atoms with van der Waals surface area (Å²) < 4.78 is 0. The zero-order chi connectivity index (χ0) is 13.7. The molecule has 0 radical (unpaired) electrons. The van der Waals surface area contributed by atoms with Crippen molar-refractivity contribution >= 4 is 5.78 Å². The van der Waals surface area contributed by atoms with E-state index in [1.807, 2.05) is 6.08 Å². The standard InChI is InChI=1S/C19H28O/c1-19-11-3-2-4-14(19)6-8-17-16-9-7-15(20)12-13(16)5-10-18(17)19/h12,14,16-18H,2-11H2,1H3/t14-,16+,17-,18-,19-/m0/s1. The zero-order valence-electron chi connectivity index (χ0n) is 12.9. The second-order valence-electron chi connectivity index (χ2n) is 8.17. The lowest BCUT2D eigenvalue weighted by Crippen LogP contribution is -2.49. The molecule has 1 nitrogen and oxygen atoms in total. The molecule has 0 heterocycles. The Kier molecular flexibility index (Phi) is 3.09. The summed E-state index contributed by atoms with van der Waals surface area (Å²) in [5.74, 6) is 4.03. The van der Waals surface area contributed by atoms with Gasteiger partial charge in [0.05, 0.1) is 0 Å². The third kappa shape index (κ3) is 1.84. The highest BCUT2D eigenvalue weighted by atomic mass is 16.1. The average Bonchev–Trinajstić information content (AvgIpc) is 2.45. The van der Waals surface area contributed by atoms with Gasteiger partial charge in [-0.05, 0) is 80.1 Å². The topological polar surface area (TPSA) is 17.1 Å². The maximum Gasteiger partial charge on any atom is 0.155 e. The van der Waals surface area contributed by atoms with Gasteiger partial charge < -0.3 is 0 Å². The first-order chi connectivity index (χ1) is 9.68. The van der Waals surface area contributed by atoms with Crippen LogP contribution in [0, 0.1) is 29.1 Å². The van der Waals surface area contributed by atoms with Crippen molar-refractivity contribution in [1.29, 1.82) is 0 Å². The van der Waals surface area contributed by atoms with Crippen molar-refractivity contribution in [2.24, 2.45) is 29.1 Å².